The Kier molecular flexibility index (Phi) is 4.01. The van der Waals surface area contributed by atoms with Crippen molar-refractivity contribution in [3.63, 3.8) is 0 Å². The zero-order valence-corrected chi connectivity index (χ0v) is 12.2. The van der Waals surface area contributed by atoms with Gasteiger partial charge in [-0.2, -0.15) is 0 Å². The van der Waals surface area contributed by atoms with Gasteiger partial charge in [0.05, 0.1) is 5.60 Å². The first kappa shape index (κ1) is 12.9. The Labute approximate surface area is 108 Å². The number of fused-ring (bicyclic) bond motifs is 1. The molecule has 0 spiro atoms. The quantitative estimate of drug-likeness (QED) is 0.758. The molecule has 5 atom stereocenters. The van der Waals surface area contributed by atoms with Gasteiger partial charge in [-0.25, -0.2) is 0 Å². The van der Waals surface area contributed by atoms with Crippen LogP contribution in [0.4, 0.5) is 0 Å². The zero-order valence-electron chi connectivity index (χ0n) is 10.6. The molecule has 0 heterocycles. The van der Waals surface area contributed by atoms with Gasteiger partial charge in [-0.3, -0.25) is 0 Å². The van der Waals surface area contributed by atoms with Crippen molar-refractivity contribution in [2.75, 3.05) is 0 Å². The maximum atomic E-state index is 10.2. The van der Waals surface area contributed by atoms with Gasteiger partial charge in [0.2, 0.25) is 0 Å². The van der Waals surface area contributed by atoms with E-state index in [2.05, 4.69) is 22.9 Å². The minimum atomic E-state index is -0.378. The molecule has 0 aromatic heterocycles. The number of hydrogen-bond acceptors (Lipinski definition) is 1. The summed E-state index contributed by atoms with van der Waals surface area (Å²) in [6.45, 7) is 4.32. The van der Waals surface area contributed by atoms with Crippen LogP contribution < -0.4 is 0 Å². The SMILES string of the molecule is CCC[C@H]1C(Br)CC[C@@H]2C[C@](C)(O)CC[C@@H]21. The third-order valence-corrected chi connectivity index (χ3v) is 5.91. The van der Waals surface area contributed by atoms with Gasteiger partial charge in [0.1, 0.15) is 0 Å². The third-order valence-electron chi connectivity index (χ3n) is 4.77. The molecule has 0 aromatic carbocycles. The molecule has 1 unspecified atom stereocenters. The molecule has 1 nitrogen and oxygen atoms in total. The highest BCUT2D eigenvalue weighted by atomic mass is 79.9. The molecule has 0 saturated heterocycles. The molecule has 1 N–H and O–H groups in total. The Hall–Kier alpha value is 0.440. The summed E-state index contributed by atoms with van der Waals surface area (Å²) in [7, 11) is 0. The van der Waals surface area contributed by atoms with Gasteiger partial charge in [0.25, 0.3) is 0 Å². The fraction of sp³-hybridized carbons (Fsp3) is 1.00. The topological polar surface area (TPSA) is 20.2 Å². The number of halogens is 1. The predicted octanol–water partition coefficient (Wildman–Crippen LogP) is 4.13. The lowest BCUT2D eigenvalue weighted by Gasteiger charge is -2.48. The first-order valence-electron chi connectivity index (χ1n) is 6.90. The summed E-state index contributed by atoms with van der Waals surface area (Å²) in [5.74, 6) is 2.52. The van der Waals surface area contributed by atoms with Gasteiger partial charge in [-0.1, -0.05) is 29.3 Å². The van der Waals surface area contributed by atoms with Crippen LogP contribution in [-0.4, -0.2) is 15.5 Å². The second-order valence-corrected chi connectivity index (χ2v) is 7.39. The van der Waals surface area contributed by atoms with Gasteiger partial charge in [-0.05, 0) is 63.2 Å². The Morgan fingerprint density at radius 1 is 1.31 bits per heavy atom. The Balaban J connectivity index is 2.05. The highest BCUT2D eigenvalue weighted by Crippen LogP contribution is 2.49. The van der Waals surface area contributed by atoms with Gasteiger partial charge in [0, 0.05) is 4.83 Å². The van der Waals surface area contributed by atoms with Crippen molar-refractivity contribution >= 4 is 15.9 Å². The van der Waals surface area contributed by atoms with Gasteiger partial charge in [0.15, 0.2) is 0 Å². The maximum Gasteiger partial charge on any atom is 0.0622 e. The number of alkyl halides is 1. The van der Waals surface area contributed by atoms with Crippen molar-refractivity contribution in [3.05, 3.63) is 0 Å². The first-order valence-corrected chi connectivity index (χ1v) is 7.81. The molecule has 16 heavy (non-hydrogen) atoms. The summed E-state index contributed by atoms with van der Waals surface area (Å²) in [5, 5.41) is 10.2. The maximum absolute atomic E-state index is 10.2. The van der Waals surface area contributed by atoms with Gasteiger partial charge in [-0.15, -0.1) is 0 Å². The van der Waals surface area contributed by atoms with E-state index in [0.717, 1.165) is 35.4 Å². The van der Waals surface area contributed by atoms with Crippen molar-refractivity contribution in [3.8, 4) is 0 Å². The fourth-order valence-corrected chi connectivity index (χ4v) is 4.92. The summed E-state index contributed by atoms with van der Waals surface area (Å²) in [6, 6.07) is 0. The molecule has 2 fully saturated rings. The highest BCUT2D eigenvalue weighted by molar-refractivity contribution is 9.09. The Morgan fingerprint density at radius 3 is 2.75 bits per heavy atom. The summed E-state index contributed by atoms with van der Waals surface area (Å²) in [6.07, 6.45) is 8.57. The second-order valence-electron chi connectivity index (χ2n) is 6.21. The van der Waals surface area contributed by atoms with Crippen molar-refractivity contribution in [2.45, 2.75) is 69.2 Å². The van der Waals surface area contributed by atoms with E-state index in [1.54, 1.807) is 0 Å². The molecular weight excluding hydrogens is 264 g/mol. The van der Waals surface area contributed by atoms with Crippen LogP contribution in [-0.2, 0) is 0 Å². The van der Waals surface area contributed by atoms with Crippen molar-refractivity contribution < 1.29 is 5.11 Å². The van der Waals surface area contributed by atoms with Crippen LogP contribution in [0.5, 0.6) is 0 Å². The minimum absolute atomic E-state index is 0.378. The van der Waals surface area contributed by atoms with E-state index >= 15 is 0 Å². The van der Waals surface area contributed by atoms with Crippen LogP contribution >= 0.6 is 15.9 Å². The van der Waals surface area contributed by atoms with Crippen molar-refractivity contribution in [1.82, 2.24) is 0 Å². The molecule has 0 bridgehead atoms. The average molecular weight is 289 g/mol. The highest BCUT2D eigenvalue weighted by Gasteiger charge is 2.43. The molecule has 0 aromatic rings. The first-order chi connectivity index (χ1) is 7.53. The lowest BCUT2D eigenvalue weighted by Crippen LogP contribution is -2.44. The standard InChI is InChI=1S/C14H25BrO/c1-3-4-12-11-7-8-14(2,16)9-10(11)5-6-13(12)15/h10-13,16H,3-9H2,1-2H3/t10-,11+,12-,13?,14-/m1/s1. The Morgan fingerprint density at radius 2 is 2.06 bits per heavy atom. The van der Waals surface area contributed by atoms with E-state index in [4.69, 9.17) is 0 Å². The van der Waals surface area contributed by atoms with E-state index in [1.807, 2.05) is 6.92 Å². The number of aliphatic hydroxyl groups is 1. The molecule has 0 amide bonds. The van der Waals surface area contributed by atoms with Crippen molar-refractivity contribution in [1.29, 1.82) is 0 Å². The molecule has 0 radical (unpaired) electrons. The van der Waals surface area contributed by atoms with Gasteiger partial charge >= 0.3 is 0 Å². The van der Waals surface area contributed by atoms with Gasteiger partial charge < -0.3 is 5.11 Å². The van der Waals surface area contributed by atoms with Crippen LogP contribution in [0.3, 0.4) is 0 Å². The van der Waals surface area contributed by atoms with Crippen LogP contribution in [0.25, 0.3) is 0 Å². The number of hydrogen-bond donors (Lipinski definition) is 1. The zero-order chi connectivity index (χ0) is 11.8. The summed E-state index contributed by atoms with van der Waals surface area (Å²) in [4.78, 5) is 0.733. The summed E-state index contributed by atoms with van der Waals surface area (Å²) >= 11 is 3.88. The summed E-state index contributed by atoms with van der Waals surface area (Å²) < 4.78 is 0. The Bertz CT molecular complexity index is 239. The second kappa shape index (κ2) is 4.97. The van der Waals surface area contributed by atoms with Crippen molar-refractivity contribution in [2.24, 2.45) is 17.8 Å². The van der Waals surface area contributed by atoms with E-state index in [-0.39, 0.29) is 5.60 Å². The lowest BCUT2D eigenvalue weighted by molar-refractivity contribution is -0.0451. The van der Waals surface area contributed by atoms with E-state index in [9.17, 15) is 5.11 Å². The molecule has 2 aliphatic rings. The molecule has 94 valence electrons. The largest absolute Gasteiger partial charge is 0.390 e. The molecular formula is C14H25BrO. The van der Waals surface area contributed by atoms with E-state index < -0.39 is 0 Å². The molecule has 0 aliphatic heterocycles. The van der Waals surface area contributed by atoms with E-state index in [1.165, 1.54) is 32.1 Å². The predicted molar refractivity (Wildman–Crippen MR) is 71.8 cm³/mol. The van der Waals surface area contributed by atoms with Crippen LogP contribution in [0.2, 0.25) is 0 Å². The fourth-order valence-electron chi connectivity index (χ4n) is 4.00. The summed E-state index contributed by atoms with van der Waals surface area (Å²) in [5.41, 5.74) is -0.378. The third kappa shape index (κ3) is 2.64. The molecule has 2 saturated carbocycles. The number of rotatable bonds is 2. The van der Waals surface area contributed by atoms with Crippen LogP contribution in [0.1, 0.15) is 58.8 Å². The average Bonchev–Trinajstić information content (AvgIpc) is 2.21. The van der Waals surface area contributed by atoms with Crippen LogP contribution in [0.15, 0.2) is 0 Å². The normalized spacial score (nSPS) is 48.8. The molecule has 2 heteroatoms. The minimum Gasteiger partial charge on any atom is -0.390 e. The van der Waals surface area contributed by atoms with Crippen LogP contribution in [0, 0.1) is 17.8 Å². The molecule has 2 rings (SSSR count). The molecule has 2 aliphatic carbocycles. The smallest absolute Gasteiger partial charge is 0.0622 e. The monoisotopic (exact) mass is 288 g/mol. The lowest BCUT2D eigenvalue weighted by atomic mass is 9.61. The van der Waals surface area contributed by atoms with E-state index in [0.29, 0.717) is 0 Å².